The molecule has 0 bridgehead atoms. The molecule has 248 valence electrons. The van der Waals surface area contributed by atoms with Crippen LogP contribution >= 0.6 is 0 Å². The van der Waals surface area contributed by atoms with E-state index in [0.717, 1.165) is 0 Å². The van der Waals surface area contributed by atoms with Crippen LogP contribution in [0.5, 0.6) is 0 Å². The van der Waals surface area contributed by atoms with Gasteiger partial charge in [0, 0.05) is 21.7 Å². The molecule has 3 unspecified atom stereocenters. The van der Waals surface area contributed by atoms with E-state index in [1.807, 2.05) is 0 Å². The van der Waals surface area contributed by atoms with Crippen LogP contribution in [-0.4, -0.2) is 14.6 Å². The summed E-state index contributed by atoms with van der Waals surface area (Å²) in [5, 5.41) is 17.9. The van der Waals surface area contributed by atoms with Gasteiger partial charge in [-0.2, -0.15) is 5.01 Å². The molecule has 12 rings (SSSR count). The van der Waals surface area contributed by atoms with Crippen molar-refractivity contribution in [2.24, 2.45) is 0 Å². The van der Waals surface area contributed by atoms with Gasteiger partial charge in [-0.05, 0) is 73.1 Å². The third-order valence-corrected chi connectivity index (χ3v) is 11.7. The third kappa shape index (κ3) is 4.08. The van der Waals surface area contributed by atoms with Gasteiger partial charge in [0.2, 0.25) is 0 Å². The third-order valence-electron chi connectivity index (χ3n) is 11.7. The molecular weight excluding hydrogens is 643 g/mol. The van der Waals surface area contributed by atoms with Crippen molar-refractivity contribution in [3.8, 4) is 5.69 Å². The number of rotatable bonds is 4. The smallest absolute Gasteiger partial charge is 0.141 e. The van der Waals surface area contributed by atoms with Gasteiger partial charge in [-0.15, -0.1) is 0 Å². The summed E-state index contributed by atoms with van der Waals surface area (Å²) in [5.74, 6) is 0. The zero-order valence-corrected chi connectivity index (χ0v) is 28.9. The number of hydrogen-bond acceptors (Lipinski definition) is 2. The van der Waals surface area contributed by atoms with Crippen molar-refractivity contribution < 1.29 is 0 Å². The molecule has 2 aliphatic heterocycles. The minimum absolute atomic E-state index is 0.0826. The lowest BCUT2D eigenvalue weighted by molar-refractivity contribution is 0.367. The molecule has 0 amide bonds. The number of aromatic nitrogens is 1. The van der Waals surface area contributed by atoms with Gasteiger partial charge < -0.3 is 4.57 Å². The number of benzene rings is 9. The highest BCUT2D eigenvalue weighted by atomic mass is 15.9. The number of nitrogens with zero attached hydrogens (tertiary/aromatic N) is 3. The number of hydrazine groups is 1. The maximum absolute atomic E-state index is 2.56. The first kappa shape index (κ1) is 29.0. The van der Waals surface area contributed by atoms with Gasteiger partial charge in [0.25, 0.3) is 0 Å². The SMILES string of the molecule is C1=C(c2cccc3ccccc23)N2C(c3ccccc3)N2C1c1ccc(-n2c3ccc4ccccc4c3c3c4ccccc4ccc32)c2ccccc12. The molecule has 0 saturated carbocycles. The summed E-state index contributed by atoms with van der Waals surface area (Å²) in [7, 11) is 0. The lowest BCUT2D eigenvalue weighted by atomic mass is 9.94. The van der Waals surface area contributed by atoms with Crippen molar-refractivity contribution in [3.63, 3.8) is 0 Å². The predicted octanol–water partition coefficient (Wildman–Crippen LogP) is 12.7. The first-order valence-corrected chi connectivity index (χ1v) is 18.5. The molecule has 3 nitrogen and oxygen atoms in total. The highest BCUT2D eigenvalue weighted by molar-refractivity contribution is 6.28. The molecule has 1 aromatic heterocycles. The van der Waals surface area contributed by atoms with Gasteiger partial charge in [-0.1, -0.05) is 164 Å². The molecule has 2 aliphatic rings. The fraction of sp³-hybridized carbons (Fsp3) is 0.0400. The maximum Gasteiger partial charge on any atom is 0.141 e. The summed E-state index contributed by atoms with van der Waals surface area (Å²) in [5.41, 5.74) is 8.85. The van der Waals surface area contributed by atoms with Gasteiger partial charge in [-0.25, -0.2) is 0 Å². The number of fused-ring (bicyclic) bond motifs is 10. The van der Waals surface area contributed by atoms with Crippen LogP contribution in [0.4, 0.5) is 0 Å². The van der Waals surface area contributed by atoms with E-state index in [9.17, 15) is 0 Å². The fourth-order valence-electron chi connectivity index (χ4n) is 9.41. The Balaban J connectivity index is 1.10. The minimum Gasteiger partial charge on any atom is -0.309 e. The lowest BCUT2D eigenvalue weighted by Gasteiger charge is -2.18. The van der Waals surface area contributed by atoms with E-state index < -0.39 is 0 Å². The zero-order chi connectivity index (χ0) is 34.6. The monoisotopic (exact) mass is 675 g/mol. The Bertz CT molecular complexity index is 3060. The molecule has 10 aromatic rings. The number of hydrogen-bond donors (Lipinski definition) is 0. The van der Waals surface area contributed by atoms with Crippen molar-refractivity contribution in [3.05, 3.63) is 205 Å². The molecule has 1 saturated heterocycles. The second-order valence-electron chi connectivity index (χ2n) is 14.4. The van der Waals surface area contributed by atoms with Crippen molar-refractivity contribution in [1.29, 1.82) is 0 Å². The van der Waals surface area contributed by atoms with E-state index in [1.54, 1.807) is 0 Å². The maximum atomic E-state index is 2.56. The molecule has 3 atom stereocenters. The average molecular weight is 676 g/mol. The normalized spacial score (nSPS) is 18.1. The van der Waals surface area contributed by atoms with Gasteiger partial charge in [0.15, 0.2) is 0 Å². The van der Waals surface area contributed by atoms with E-state index in [1.165, 1.54) is 93.0 Å². The Morgan fingerprint density at radius 1 is 0.396 bits per heavy atom. The Hall–Kier alpha value is -6.68. The van der Waals surface area contributed by atoms with Crippen molar-refractivity contribution in [2.45, 2.75) is 12.2 Å². The lowest BCUT2D eigenvalue weighted by Crippen LogP contribution is -2.08. The molecule has 0 spiro atoms. The summed E-state index contributed by atoms with van der Waals surface area (Å²) in [6.45, 7) is 0. The van der Waals surface area contributed by atoms with Gasteiger partial charge >= 0.3 is 0 Å². The van der Waals surface area contributed by atoms with E-state index >= 15 is 0 Å². The van der Waals surface area contributed by atoms with Crippen molar-refractivity contribution >= 4 is 70.6 Å². The molecule has 3 heteroatoms. The molecule has 9 aromatic carbocycles. The minimum atomic E-state index is 0.0826. The van der Waals surface area contributed by atoms with Crippen LogP contribution in [0.1, 0.15) is 28.9 Å². The molecule has 1 fully saturated rings. The van der Waals surface area contributed by atoms with E-state index in [-0.39, 0.29) is 12.2 Å². The second-order valence-corrected chi connectivity index (χ2v) is 14.4. The molecular formula is C50H33N3. The molecule has 0 N–H and O–H groups in total. The van der Waals surface area contributed by atoms with Crippen LogP contribution in [0.3, 0.4) is 0 Å². The van der Waals surface area contributed by atoms with Gasteiger partial charge in [-0.3, -0.25) is 5.01 Å². The quantitative estimate of drug-likeness (QED) is 0.172. The van der Waals surface area contributed by atoms with E-state index in [2.05, 4.69) is 203 Å². The average Bonchev–Trinajstić information content (AvgIpc) is 3.69. The molecule has 0 radical (unpaired) electrons. The zero-order valence-electron chi connectivity index (χ0n) is 28.9. The Kier molecular flexibility index (Phi) is 5.96. The molecule has 0 aliphatic carbocycles. The fourth-order valence-corrected chi connectivity index (χ4v) is 9.41. The largest absolute Gasteiger partial charge is 0.309 e. The van der Waals surface area contributed by atoms with Crippen LogP contribution in [0.25, 0.3) is 76.3 Å². The topological polar surface area (TPSA) is 10.9 Å². The van der Waals surface area contributed by atoms with Crippen molar-refractivity contribution in [1.82, 2.24) is 14.6 Å². The first-order valence-electron chi connectivity index (χ1n) is 18.5. The standard InChI is InChI=1S/C50H33N3/c1-2-16-35(17-3-1)50-52-46(40-24-12-18-32-13-4-7-19-36(32)40)31-47(53(50)52)42-27-30-43(41-23-11-10-22-39(41)42)51-44-28-25-33-14-5-8-20-37(33)48(44)49-38-21-9-6-15-34(38)26-29-45(49)51/h1-31,47,50H. The van der Waals surface area contributed by atoms with E-state index in [0.29, 0.717) is 0 Å². The second kappa shape index (κ2) is 10.9. The summed E-state index contributed by atoms with van der Waals surface area (Å²) in [4.78, 5) is 0. The Morgan fingerprint density at radius 3 is 1.62 bits per heavy atom. The summed E-state index contributed by atoms with van der Waals surface area (Å²) in [6.07, 6.45) is 2.67. The van der Waals surface area contributed by atoms with Gasteiger partial charge in [0.1, 0.15) is 6.17 Å². The highest BCUT2D eigenvalue weighted by Gasteiger charge is 2.56. The van der Waals surface area contributed by atoms with Crippen LogP contribution < -0.4 is 0 Å². The Labute approximate surface area is 306 Å². The van der Waals surface area contributed by atoms with Crippen LogP contribution in [0, 0.1) is 0 Å². The van der Waals surface area contributed by atoms with Gasteiger partial charge in [0.05, 0.1) is 28.5 Å². The molecule has 3 heterocycles. The predicted molar refractivity (Wildman–Crippen MR) is 221 cm³/mol. The summed E-state index contributed by atoms with van der Waals surface area (Å²) < 4.78 is 2.51. The van der Waals surface area contributed by atoms with Crippen LogP contribution in [-0.2, 0) is 0 Å². The van der Waals surface area contributed by atoms with E-state index in [4.69, 9.17) is 0 Å². The van der Waals surface area contributed by atoms with Crippen LogP contribution in [0.2, 0.25) is 0 Å². The first-order chi connectivity index (χ1) is 26.3. The highest BCUT2D eigenvalue weighted by Crippen LogP contribution is 2.59. The molecule has 53 heavy (non-hydrogen) atoms. The van der Waals surface area contributed by atoms with Crippen LogP contribution in [0.15, 0.2) is 188 Å². The van der Waals surface area contributed by atoms with Crippen molar-refractivity contribution in [2.75, 3.05) is 0 Å². The Morgan fingerprint density at radius 2 is 0.943 bits per heavy atom. The summed E-state index contributed by atoms with van der Waals surface area (Å²) in [6, 6.07) is 67.1. The summed E-state index contributed by atoms with van der Waals surface area (Å²) >= 11 is 0.